The van der Waals surface area contributed by atoms with Gasteiger partial charge in [0.15, 0.2) is 6.10 Å². The molecule has 3 rings (SSSR count). The lowest BCUT2D eigenvalue weighted by molar-refractivity contribution is -0.133. The Balaban J connectivity index is 1.62. The normalized spacial score (nSPS) is 24.1. The monoisotopic (exact) mass is 268 g/mol. The maximum absolute atomic E-state index is 11.9. The fraction of sp³-hybridized carbons (Fsp3) is 0.727. The number of amides is 1. The topological polar surface area (TPSA) is 67.4 Å². The Bertz CT molecular complexity index is 446. The number of aromatic nitrogens is 2. The van der Waals surface area contributed by atoms with Crippen molar-refractivity contribution in [1.82, 2.24) is 14.7 Å². The number of aryl methyl sites for hydroxylation is 1. The van der Waals surface area contributed by atoms with Gasteiger partial charge >= 0.3 is 0 Å². The van der Waals surface area contributed by atoms with Gasteiger partial charge in [0.1, 0.15) is 5.82 Å². The minimum absolute atomic E-state index is 0.00318. The molecule has 1 aromatic rings. The lowest BCUT2D eigenvalue weighted by Gasteiger charge is -2.31. The predicted molar refractivity (Wildman–Crippen MR) is 67.8 cm³/mol. The molecule has 2 fully saturated rings. The van der Waals surface area contributed by atoms with Crippen molar-refractivity contribution in [3.8, 4) is 0 Å². The number of carbonyl (C=O) groups excluding carboxylic acids is 1. The molecule has 6 nitrogen and oxygen atoms in total. The molecule has 2 heterocycles. The Hall–Kier alpha value is -1.21. The molecule has 98 valence electrons. The summed E-state index contributed by atoms with van der Waals surface area (Å²) in [5, 5.41) is 3.85. The van der Waals surface area contributed by atoms with Gasteiger partial charge in [0.25, 0.3) is 5.91 Å². The summed E-state index contributed by atoms with van der Waals surface area (Å²) >= 11 is 1.37. The highest BCUT2D eigenvalue weighted by atomic mass is 32.1. The van der Waals surface area contributed by atoms with Crippen LogP contribution in [0.4, 0.5) is 5.13 Å². The van der Waals surface area contributed by atoms with Crippen LogP contribution in [0.2, 0.25) is 0 Å². The number of rotatable bonds is 3. The van der Waals surface area contributed by atoms with Gasteiger partial charge in [-0.1, -0.05) is 0 Å². The molecule has 0 radical (unpaired) electrons. The van der Waals surface area contributed by atoms with Crippen LogP contribution >= 0.6 is 11.5 Å². The van der Waals surface area contributed by atoms with Crippen molar-refractivity contribution in [2.24, 2.45) is 0 Å². The van der Waals surface area contributed by atoms with E-state index in [0.29, 0.717) is 19.2 Å². The van der Waals surface area contributed by atoms with Crippen LogP contribution in [0.25, 0.3) is 0 Å². The summed E-state index contributed by atoms with van der Waals surface area (Å²) in [7, 11) is 0. The van der Waals surface area contributed by atoms with E-state index in [1.807, 2.05) is 6.92 Å². The number of nitrogens with one attached hydrogen (secondary N) is 1. The molecule has 1 saturated heterocycles. The molecule has 2 aliphatic rings. The zero-order chi connectivity index (χ0) is 12.5. The first kappa shape index (κ1) is 11.9. The fourth-order valence-corrected chi connectivity index (χ4v) is 2.63. The van der Waals surface area contributed by atoms with Crippen molar-refractivity contribution in [2.75, 3.05) is 24.6 Å². The lowest BCUT2D eigenvalue weighted by Crippen LogP contribution is -2.50. The van der Waals surface area contributed by atoms with Crippen molar-refractivity contribution in [2.45, 2.75) is 31.9 Å². The van der Waals surface area contributed by atoms with Crippen LogP contribution < -0.4 is 10.2 Å². The fourth-order valence-electron chi connectivity index (χ4n) is 1.92. The van der Waals surface area contributed by atoms with Gasteiger partial charge in [-0.15, -0.1) is 0 Å². The van der Waals surface area contributed by atoms with Crippen LogP contribution in [-0.2, 0) is 9.53 Å². The second-order valence-electron chi connectivity index (χ2n) is 4.71. The number of morpholine rings is 1. The Kier molecular flexibility index (Phi) is 3.17. The van der Waals surface area contributed by atoms with Crippen molar-refractivity contribution in [1.29, 1.82) is 0 Å². The third kappa shape index (κ3) is 2.62. The molecule has 7 heteroatoms. The molecular formula is C11H16N4O2S. The lowest BCUT2D eigenvalue weighted by atomic mass is 10.2. The maximum atomic E-state index is 11.9. The van der Waals surface area contributed by atoms with E-state index in [1.165, 1.54) is 11.5 Å². The van der Waals surface area contributed by atoms with Crippen LogP contribution in [0.3, 0.4) is 0 Å². The molecule has 0 aromatic carbocycles. The number of carbonyl (C=O) groups is 1. The minimum Gasteiger partial charge on any atom is -0.365 e. The second kappa shape index (κ2) is 4.81. The van der Waals surface area contributed by atoms with Gasteiger partial charge in [-0.05, 0) is 19.8 Å². The number of nitrogens with zero attached hydrogens (tertiary/aromatic N) is 3. The molecule has 18 heavy (non-hydrogen) atoms. The van der Waals surface area contributed by atoms with E-state index in [0.717, 1.165) is 30.3 Å². The average Bonchev–Trinajstić information content (AvgIpc) is 3.08. The molecule has 1 atom stereocenters. The first-order valence-corrected chi connectivity index (χ1v) is 6.97. The summed E-state index contributed by atoms with van der Waals surface area (Å²) in [6, 6.07) is 0.375. The summed E-state index contributed by atoms with van der Waals surface area (Å²) < 4.78 is 9.70. The molecule has 1 aliphatic heterocycles. The quantitative estimate of drug-likeness (QED) is 0.855. The Labute approximate surface area is 110 Å². The zero-order valence-corrected chi connectivity index (χ0v) is 11.1. The first-order chi connectivity index (χ1) is 8.72. The number of hydrogen-bond acceptors (Lipinski definition) is 6. The van der Waals surface area contributed by atoms with Gasteiger partial charge in [-0.3, -0.25) is 4.79 Å². The average molecular weight is 268 g/mol. The van der Waals surface area contributed by atoms with Crippen molar-refractivity contribution < 1.29 is 9.53 Å². The Morgan fingerprint density at radius 1 is 1.56 bits per heavy atom. The van der Waals surface area contributed by atoms with E-state index in [4.69, 9.17) is 4.74 Å². The largest absolute Gasteiger partial charge is 0.365 e. The molecule has 1 aliphatic carbocycles. The van der Waals surface area contributed by atoms with Crippen LogP contribution in [-0.4, -0.2) is 47.1 Å². The molecule has 0 spiro atoms. The van der Waals surface area contributed by atoms with Gasteiger partial charge in [-0.2, -0.15) is 4.37 Å². The van der Waals surface area contributed by atoms with Crippen LogP contribution in [0.5, 0.6) is 0 Å². The van der Waals surface area contributed by atoms with Crippen LogP contribution in [0, 0.1) is 6.92 Å². The Morgan fingerprint density at radius 2 is 2.39 bits per heavy atom. The van der Waals surface area contributed by atoms with E-state index in [9.17, 15) is 4.79 Å². The van der Waals surface area contributed by atoms with E-state index in [-0.39, 0.29) is 12.0 Å². The highest BCUT2D eigenvalue weighted by Crippen LogP contribution is 2.22. The summed E-state index contributed by atoms with van der Waals surface area (Å²) in [4.78, 5) is 18.4. The van der Waals surface area contributed by atoms with E-state index in [1.54, 1.807) is 0 Å². The maximum Gasteiger partial charge on any atom is 0.251 e. The molecular weight excluding hydrogens is 252 g/mol. The van der Waals surface area contributed by atoms with Gasteiger partial charge in [0.2, 0.25) is 5.13 Å². The third-order valence-electron chi connectivity index (χ3n) is 3.07. The second-order valence-corrected chi connectivity index (χ2v) is 5.44. The van der Waals surface area contributed by atoms with Crippen LogP contribution in [0.1, 0.15) is 18.7 Å². The van der Waals surface area contributed by atoms with Crippen LogP contribution in [0.15, 0.2) is 0 Å². The zero-order valence-electron chi connectivity index (χ0n) is 10.3. The summed E-state index contributed by atoms with van der Waals surface area (Å²) in [5.41, 5.74) is 0. The molecule has 0 bridgehead atoms. The van der Waals surface area contributed by atoms with Crippen molar-refractivity contribution in [3.63, 3.8) is 0 Å². The molecule has 1 aromatic heterocycles. The summed E-state index contributed by atoms with van der Waals surface area (Å²) in [5.74, 6) is 0.781. The Morgan fingerprint density at radius 3 is 3.06 bits per heavy atom. The number of ether oxygens (including phenoxy) is 1. The molecule has 1 amide bonds. The van der Waals surface area contributed by atoms with E-state index < -0.39 is 0 Å². The highest BCUT2D eigenvalue weighted by Gasteiger charge is 2.32. The molecule has 1 unspecified atom stereocenters. The van der Waals surface area contributed by atoms with Gasteiger partial charge < -0.3 is 15.0 Å². The van der Waals surface area contributed by atoms with E-state index >= 15 is 0 Å². The summed E-state index contributed by atoms with van der Waals surface area (Å²) in [6.07, 6.45) is 1.80. The third-order valence-corrected chi connectivity index (χ3v) is 3.94. The predicted octanol–water partition coefficient (Wildman–Crippen LogP) is 0.330. The van der Waals surface area contributed by atoms with Crippen molar-refractivity contribution in [3.05, 3.63) is 5.82 Å². The minimum atomic E-state index is -0.386. The highest BCUT2D eigenvalue weighted by molar-refractivity contribution is 7.09. The molecule has 1 saturated carbocycles. The molecule has 1 N–H and O–H groups in total. The van der Waals surface area contributed by atoms with Crippen molar-refractivity contribution >= 4 is 22.6 Å². The van der Waals surface area contributed by atoms with Gasteiger partial charge in [0.05, 0.1) is 13.2 Å². The standard InChI is InChI=1S/C11H16N4O2S/c1-7-12-11(18-14-7)15-4-5-17-9(6-15)10(16)13-8-2-3-8/h8-9H,2-6H2,1H3,(H,13,16). The number of anilines is 1. The number of hydrogen-bond donors (Lipinski definition) is 1. The van der Waals surface area contributed by atoms with Gasteiger partial charge in [-0.25, -0.2) is 4.98 Å². The smallest absolute Gasteiger partial charge is 0.251 e. The van der Waals surface area contributed by atoms with Gasteiger partial charge in [0, 0.05) is 24.1 Å². The SMILES string of the molecule is Cc1nsc(N2CCOC(C(=O)NC3CC3)C2)n1. The summed E-state index contributed by atoms with van der Waals surface area (Å²) in [6.45, 7) is 3.76. The van der Waals surface area contributed by atoms with E-state index in [2.05, 4.69) is 19.6 Å². The first-order valence-electron chi connectivity index (χ1n) is 6.19.